The molecule has 112 valence electrons. The fraction of sp³-hybridized carbons (Fsp3) is 0.353. The van der Waals surface area contributed by atoms with Crippen molar-refractivity contribution in [2.24, 2.45) is 0 Å². The van der Waals surface area contributed by atoms with Gasteiger partial charge in [0.1, 0.15) is 5.69 Å². The topological polar surface area (TPSA) is 34.0 Å². The summed E-state index contributed by atoms with van der Waals surface area (Å²) in [7, 11) is 0. The molecule has 0 saturated carbocycles. The Morgan fingerprint density at radius 1 is 1.19 bits per heavy atom. The van der Waals surface area contributed by atoms with Gasteiger partial charge in [0.25, 0.3) is 5.91 Å². The highest BCUT2D eigenvalue weighted by Gasteiger charge is 2.15. The van der Waals surface area contributed by atoms with Gasteiger partial charge in [0, 0.05) is 22.9 Å². The molecule has 0 unspecified atom stereocenters. The Morgan fingerprint density at radius 3 is 2.33 bits per heavy atom. The number of nitrogens with one attached hydrogen (secondary N) is 1. The highest BCUT2D eigenvalue weighted by Crippen LogP contribution is 2.24. The standard InChI is InChI=1S/C17H21BrN2O/c1-4-12-8-7-9-13(5-2)16(12)19-17(21)15-10-14(18)11-20(15)6-3/h7-11H,4-6H2,1-3H3,(H,19,21). The molecule has 0 aliphatic carbocycles. The Labute approximate surface area is 134 Å². The lowest BCUT2D eigenvalue weighted by molar-refractivity contribution is 0.101. The summed E-state index contributed by atoms with van der Waals surface area (Å²) in [6.07, 6.45) is 3.74. The zero-order valence-electron chi connectivity index (χ0n) is 12.7. The van der Waals surface area contributed by atoms with E-state index in [4.69, 9.17) is 0 Å². The highest BCUT2D eigenvalue weighted by atomic mass is 79.9. The number of hydrogen-bond donors (Lipinski definition) is 1. The van der Waals surface area contributed by atoms with Crippen molar-refractivity contribution in [1.29, 1.82) is 0 Å². The first-order chi connectivity index (χ1) is 10.1. The summed E-state index contributed by atoms with van der Waals surface area (Å²) in [6, 6.07) is 8.06. The number of carbonyl (C=O) groups excluding carboxylic acids is 1. The Kier molecular flexibility index (Phi) is 5.23. The van der Waals surface area contributed by atoms with E-state index < -0.39 is 0 Å². The number of aromatic nitrogens is 1. The molecule has 1 aromatic heterocycles. The Hall–Kier alpha value is -1.55. The summed E-state index contributed by atoms with van der Waals surface area (Å²) in [5.74, 6) is -0.0573. The molecular formula is C17H21BrN2O. The second kappa shape index (κ2) is 6.94. The van der Waals surface area contributed by atoms with Crippen LogP contribution in [0.5, 0.6) is 0 Å². The number of para-hydroxylation sites is 1. The van der Waals surface area contributed by atoms with Crippen LogP contribution in [0.4, 0.5) is 5.69 Å². The summed E-state index contributed by atoms with van der Waals surface area (Å²) in [5, 5.41) is 3.10. The molecule has 0 atom stereocenters. The molecule has 21 heavy (non-hydrogen) atoms. The maximum atomic E-state index is 12.6. The van der Waals surface area contributed by atoms with Gasteiger partial charge in [-0.1, -0.05) is 32.0 Å². The van der Waals surface area contributed by atoms with Gasteiger partial charge < -0.3 is 9.88 Å². The van der Waals surface area contributed by atoms with Crippen molar-refractivity contribution < 1.29 is 4.79 Å². The van der Waals surface area contributed by atoms with E-state index in [0.29, 0.717) is 5.69 Å². The Balaban J connectivity index is 2.35. The van der Waals surface area contributed by atoms with Crippen molar-refractivity contribution in [2.75, 3.05) is 5.32 Å². The number of aryl methyl sites for hydroxylation is 3. The number of nitrogens with zero attached hydrogens (tertiary/aromatic N) is 1. The van der Waals surface area contributed by atoms with E-state index in [-0.39, 0.29) is 5.91 Å². The van der Waals surface area contributed by atoms with E-state index in [1.165, 1.54) is 11.1 Å². The quantitative estimate of drug-likeness (QED) is 0.838. The predicted molar refractivity (Wildman–Crippen MR) is 91.0 cm³/mol. The molecule has 0 radical (unpaired) electrons. The zero-order chi connectivity index (χ0) is 15.4. The number of halogens is 1. The number of hydrogen-bond acceptors (Lipinski definition) is 1. The number of rotatable bonds is 5. The molecular weight excluding hydrogens is 328 g/mol. The van der Waals surface area contributed by atoms with E-state index >= 15 is 0 Å². The number of benzene rings is 1. The molecule has 4 heteroatoms. The summed E-state index contributed by atoms with van der Waals surface area (Å²) in [4.78, 5) is 12.6. The second-order valence-electron chi connectivity index (χ2n) is 4.94. The fourth-order valence-electron chi connectivity index (χ4n) is 2.51. The van der Waals surface area contributed by atoms with Crippen LogP contribution in [0.3, 0.4) is 0 Å². The van der Waals surface area contributed by atoms with Crippen LogP contribution in [-0.2, 0) is 19.4 Å². The minimum atomic E-state index is -0.0573. The van der Waals surface area contributed by atoms with Gasteiger partial charge in [-0.2, -0.15) is 0 Å². The predicted octanol–water partition coefficient (Wildman–Crippen LogP) is 4.65. The highest BCUT2D eigenvalue weighted by molar-refractivity contribution is 9.10. The largest absolute Gasteiger partial charge is 0.343 e. The van der Waals surface area contributed by atoms with E-state index in [1.807, 2.05) is 23.8 Å². The molecule has 2 aromatic rings. The first-order valence-electron chi connectivity index (χ1n) is 7.38. The summed E-state index contributed by atoms with van der Waals surface area (Å²) >= 11 is 3.43. The summed E-state index contributed by atoms with van der Waals surface area (Å²) < 4.78 is 2.87. The van der Waals surface area contributed by atoms with Crippen molar-refractivity contribution in [3.05, 3.63) is 51.8 Å². The van der Waals surface area contributed by atoms with Crippen LogP contribution < -0.4 is 5.32 Å². The number of amides is 1. The third-order valence-corrected chi connectivity index (χ3v) is 4.11. The maximum absolute atomic E-state index is 12.6. The van der Waals surface area contributed by atoms with Gasteiger partial charge in [-0.05, 0) is 52.9 Å². The Morgan fingerprint density at radius 2 is 1.81 bits per heavy atom. The lowest BCUT2D eigenvalue weighted by atomic mass is 10.0. The average Bonchev–Trinajstić information content (AvgIpc) is 2.88. The molecule has 2 rings (SSSR count). The molecule has 0 aliphatic heterocycles. The SMILES string of the molecule is CCc1cccc(CC)c1NC(=O)c1cc(Br)cn1CC. The first kappa shape index (κ1) is 15.8. The van der Waals surface area contributed by atoms with Gasteiger partial charge in [0.05, 0.1) is 0 Å². The lowest BCUT2D eigenvalue weighted by Crippen LogP contribution is -2.18. The normalized spacial score (nSPS) is 10.7. The van der Waals surface area contributed by atoms with Gasteiger partial charge in [0.15, 0.2) is 0 Å². The van der Waals surface area contributed by atoms with Crippen LogP contribution in [0, 0.1) is 0 Å². The van der Waals surface area contributed by atoms with E-state index in [0.717, 1.165) is 29.5 Å². The molecule has 1 N–H and O–H groups in total. The van der Waals surface area contributed by atoms with Gasteiger partial charge in [-0.25, -0.2) is 0 Å². The van der Waals surface area contributed by atoms with Gasteiger partial charge in [0.2, 0.25) is 0 Å². The molecule has 0 saturated heterocycles. The summed E-state index contributed by atoms with van der Waals surface area (Å²) in [5.41, 5.74) is 4.00. The minimum Gasteiger partial charge on any atom is -0.343 e. The first-order valence-corrected chi connectivity index (χ1v) is 8.17. The molecule has 0 bridgehead atoms. The van der Waals surface area contributed by atoms with Crippen LogP contribution in [0.2, 0.25) is 0 Å². The second-order valence-corrected chi connectivity index (χ2v) is 5.86. The Bertz CT molecular complexity index is 624. The maximum Gasteiger partial charge on any atom is 0.272 e. The fourth-order valence-corrected chi connectivity index (χ4v) is 2.97. The smallest absolute Gasteiger partial charge is 0.272 e. The van der Waals surface area contributed by atoms with Gasteiger partial charge >= 0.3 is 0 Å². The zero-order valence-corrected chi connectivity index (χ0v) is 14.3. The molecule has 0 fully saturated rings. The van der Waals surface area contributed by atoms with Crippen molar-refractivity contribution in [3.63, 3.8) is 0 Å². The van der Waals surface area contributed by atoms with Crippen molar-refractivity contribution in [3.8, 4) is 0 Å². The van der Waals surface area contributed by atoms with Crippen LogP contribution in [0.25, 0.3) is 0 Å². The summed E-state index contributed by atoms with van der Waals surface area (Å²) in [6.45, 7) is 7.01. The van der Waals surface area contributed by atoms with E-state index in [1.54, 1.807) is 0 Å². The third-order valence-electron chi connectivity index (χ3n) is 3.67. The van der Waals surface area contributed by atoms with Crippen LogP contribution in [-0.4, -0.2) is 10.5 Å². The van der Waals surface area contributed by atoms with Crippen LogP contribution >= 0.6 is 15.9 Å². The number of carbonyl (C=O) groups is 1. The van der Waals surface area contributed by atoms with Crippen LogP contribution in [0.1, 0.15) is 42.4 Å². The van der Waals surface area contributed by atoms with Crippen molar-refractivity contribution in [2.45, 2.75) is 40.2 Å². The minimum absolute atomic E-state index is 0.0573. The number of anilines is 1. The van der Waals surface area contributed by atoms with Gasteiger partial charge in [-0.15, -0.1) is 0 Å². The molecule has 0 aliphatic rings. The molecule has 0 spiro atoms. The van der Waals surface area contributed by atoms with E-state index in [2.05, 4.69) is 53.3 Å². The van der Waals surface area contributed by atoms with Crippen LogP contribution in [0.15, 0.2) is 34.9 Å². The third kappa shape index (κ3) is 3.38. The lowest BCUT2D eigenvalue weighted by Gasteiger charge is -2.15. The van der Waals surface area contributed by atoms with Crippen molar-refractivity contribution in [1.82, 2.24) is 4.57 Å². The van der Waals surface area contributed by atoms with Crippen molar-refractivity contribution >= 4 is 27.5 Å². The molecule has 1 aromatic carbocycles. The van der Waals surface area contributed by atoms with Gasteiger partial charge in [-0.3, -0.25) is 4.79 Å². The average molecular weight is 349 g/mol. The molecule has 1 heterocycles. The van der Waals surface area contributed by atoms with E-state index in [9.17, 15) is 4.79 Å². The monoisotopic (exact) mass is 348 g/mol. The molecule has 3 nitrogen and oxygen atoms in total. The molecule has 1 amide bonds.